The lowest BCUT2D eigenvalue weighted by Gasteiger charge is -2.11. The molecule has 0 aromatic rings. The summed E-state index contributed by atoms with van der Waals surface area (Å²) in [6.07, 6.45) is 2.14. The zero-order chi connectivity index (χ0) is 9.47. The predicted octanol–water partition coefficient (Wildman–Crippen LogP) is 0.511. The minimum absolute atomic E-state index is 0.260. The van der Waals surface area contributed by atoms with Crippen molar-refractivity contribution in [1.82, 2.24) is 10.6 Å². The van der Waals surface area contributed by atoms with Crippen molar-refractivity contribution in [1.29, 1.82) is 0 Å². The van der Waals surface area contributed by atoms with Gasteiger partial charge in [-0.1, -0.05) is 13.8 Å². The van der Waals surface area contributed by atoms with Crippen molar-refractivity contribution < 1.29 is 4.79 Å². The first kappa shape index (κ1) is 9.00. The van der Waals surface area contributed by atoms with Gasteiger partial charge in [0.25, 0.3) is 0 Å². The van der Waals surface area contributed by atoms with Crippen molar-refractivity contribution in [3.63, 3.8) is 0 Å². The summed E-state index contributed by atoms with van der Waals surface area (Å²) in [6, 6.07) is 0.379. The van der Waals surface area contributed by atoms with Crippen LogP contribution >= 0.6 is 0 Å². The van der Waals surface area contributed by atoms with E-state index in [0.29, 0.717) is 6.04 Å². The van der Waals surface area contributed by atoms with Crippen LogP contribution in [0.4, 0.5) is 0 Å². The average molecular weight is 182 g/mol. The first-order chi connectivity index (χ1) is 6.09. The van der Waals surface area contributed by atoms with E-state index in [4.69, 9.17) is 0 Å². The second kappa shape index (κ2) is 2.98. The fraction of sp³-hybridized carbons (Fsp3) is 0.900. The van der Waals surface area contributed by atoms with Gasteiger partial charge in [-0.3, -0.25) is 4.79 Å². The summed E-state index contributed by atoms with van der Waals surface area (Å²) in [5.41, 5.74) is 0.260. The third kappa shape index (κ3) is 1.85. The minimum Gasteiger partial charge on any atom is -0.352 e. The Bertz CT molecular complexity index is 219. The van der Waals surface area contributed by atoms with E-state index in [-0.39, 0.29) is 17.2 Å². The van der Waals surface area contributed by atoms with E-state index in [0.717, 1.165) is 25.9 Å². The summed E-state index contributed by atoms with van der Waals surface area (Å²) in [7, 11) is 0. The van der Waals surface area contributed by atoms with Crippen LogP contribution in [0, 0.1) is 11.3 Å². The van der Waals surface area contributed by atoms with Gasteiger partial charge in [0.2, 0.25) is 5.91 Å². The molecule has 0 aromatic carbocycles. The molecule has 1 aliphatic heterocycles. The quantitative estimate of drug-likeness (QED) is 0.653. The Kier molecular flexibility index (Phi) is 2.06. The molecule has 0 spiro atoms. The van der Waals surface area contributed by atoms with Gasteiger partial charge >= 0.3 is 0 Å². The number of hydrogen-bond donors (Lipinski definition) is 2. The molecule has 1 amide bonds. The van der Waals surface area contributed by atoms with Crippen molar-refractivity contribution in [3.05, 3.63) is 0 Å². The molecule has 3 nitrogen and oxygen atoms in total. The topological polar surface area (TPSA) is 41.1 Å². The van der Waals surface area contributed by atoms with Gasteiger partial charge in [-0.2, -0.15) is 0 Å². The Morgan fingerprint density at radius 3 is 2.69 bits per heavy atom. The monoisotopic (exact) mass is 182 g/mol. The van der Waals surface area contributed by atoms with Crippen LogP contribution in [0.5, 0.6) is 0 Å². The zero-order valence-corrected chi connectivity index (χ0v) is 8.39. The van der Waals surface area contributed by atoms with Crippen molar-refractivity contribution in [2.75, 3.05) is 13.1 Å². The van der Waals surface area contributed by atoms with Crippen LogP contribution in [-0.2, 0) is 4.79 Å². The maximum atomic E-state index is 11.6. The molecule has 2 aliphatic rings. The molecule has 0 bridgehead atoms. The van der Waals surface area contributed by atoms with Crippen molar-refractivity contribution in [2.45, 2.75) is 32.7 Å². The largest absolute Gasteiger partial charge is 0.352 e. The summed E-state index contributed by atoms with van der Waals surface area (Å²) in [6.45, 7) is 6.30. The number of hydrogen-bond acceptors (Lipinski definition) is 2. The minimum atomic E-state index is 0.260. The Balaban J connectivity index is 1.79. The molecule has 1 saturated heterocycles. The molecular weight excluding hydrogens is 164 g/mol. The molecule has 74 valence electrons. The van der Waals surface area contributed by atoms with Gasteiger partial charge in [0.1, 0.15) is 0 Å². The van der Waals surface area contributed by atoms with Crippen LogP contribution in [0.1, 0.15) is 26.7 Å². The van der Waals surface area contributed by atoms with Crippen LogP contribution in [0.25, 0.3) is 0 Å². The Labute approximate surface area is 79.3 Å². The highest BCUT2D eigenvalue weighted by Gasteiger charge is 2.50. The number of carbonyl (C=O) groups is 1. The maximum Gasteiger partial charge on any atom is 0.223 e. The molecule has 1 aliphatic carbocycles. The number of nitrogens with one attached hydrogen (secondary N) is 2. The highest BCUT2D eigenvalue weighted by atomic mass is 16.2. The lowest BCUT2D eigenvalue weighted by atomic mass is 10.1. The third-order valence-electron chi connectivity index (χ3n) is 3.24. The maximum absolute atomic E-state index is 11.6. The summed E-state index contributed by atoms with van der Waals surface area (Å²) in [5.74, 6) is 0.534. The van der Waals surface area contributed by atoms with E-state index >= 15 is 0 Å². The normalized spacial score (nSPS) is 35.8. The summed E-state index contributed by atoms with van der Waals surface area (Å²) >= 11 is 0. The molecule has 3 heteroatoms. The van der Waals surface area contributed by atoms with Gasteiger partial charge in [-0.05, 0) is 24.8 Å². The summed E-state index contributed by atoms with van der Waals surface area (Å²) in [5, 5.41) is 6.34. The highest BCUT2D eigenvalue weighted by molar-refractivity contribution is 5.82. The number of rotatable bonds is 2. The van der Waals surface area contributed by atoms with E-state index in [1.807, 2.05) is 0 Å². The molecule has 1 saturated carbocycles. The molecule has 1 heterocycles. The van der Waals surface area contributed by atoms with Crippen LogP contribution in [-0.4, -0.2) is 25.0 Å². The van der Waals surface area contributed by atoms with Gasteiger partial charge in [-0.25, -0.2) is 0 Å². The van der Waals surface area contributed by atoms with Gasteiger partial charge in [-0.15, -0.1) is 0 Å². The molecular formula is C10H18N2O. The standard InChI is InChI=1S/C10H18N2O/c1-10(2)5-8(10)9(13)12-7-3-4-11-6-7/h7-8,11H,3-6H2,1-2H3,(H,12,13). The van der Waals surface area contributed by atoms with Crippen LogP contribution in [0.15, 0.2) is 0 Å². The molecule has 2 fully saturated rings. The van der Waals surface area contributed by atoms with E-state index < -0.39 is 0 Å². The van der Waals surface area contributed by atoms with Crippen molar-refractivity contribution >= 4 is 5.91 Å². The van der Waals surface area contributed by atoms with Gasteiger partial charge in [0.15, 0.2) is 0 Å². The Morgan fingerprint density at radius 1 is 1.54 bits per heavy atom. The lowest BCUT2D eigenvalue weighted by Crippen LogP contribution is -2.37. The van der Waals surface area contributed by atoms with Gasteiger partial charge < -0.3 is 10.6 Å². The average Bonchev–Trinajstić information content (AvgIpc) is 2.49. The van der Waals surface area contributed by atoms with E-state index in [1.54, 1.807) is 0 Å². The smallest absolute Gasteiger partial charge is 0.223 e. The predicted molar refractivity (Wildman–Crippen MR) is 51.3 cm³/mol. The Morgan fingerprint density at radius 2 is 2.23 bits per heavy atom. The SMILES string of the molecule is CC1(C)CC1C(=O)NC1CCNC1. The van der Waals surface area contributed by atoms with Crippen LogP contribution in [0.2, 0.25) is 0 Å². The fourth-order valence-corrected chi connectivity index (χ4v) is 1.99. The van der Waals surface area contributed by atoms with Crippen molar-refractivity contribution in [2.24, 2.45) is 11.3 Å². The highest BCUT2D eigenvalue weighted by Crippen LogP contribution is 2.51. The summed E-state index contributed by atoms with van der Waals surface area (Å²) in [4.78, 5) is 11.6. The molecule has 2 N–H and O–H groups in total. The summed E-state index contributed by atoms with van der Waals surface area (Å²) < 4.78 is 0. The first-order valence-corrected chi connectivity index (χ1v) is 5.11. The third-order valence-corrected chi connectivity index (χ3v) is 3.24. The molecule has 0 aromatic heterocycles. The molecule has 0 radical (unpaired) electrons. The molecule has 2 unspecified atom stereocenters. The second-order valence-corrected chi connectivity index (χ2v) is 4.94. The van der Waals surface area contributed by atoms with Crippen LogP contribution in [0.3, 0.4) is 0 Å². The molecule has 2 atom stereocenters. The van der Waals surface area contributed by atoms with Crippen molar-refractivity contribution in [3.8, 4) is 0 Å². The number of carbonyl (C=O) groups excluding carboxylic acids is 1. The van der Waals surface area contributed by atoms with E-state index in [2.05, 4.69) is 24.5 Å². The van der Waals surface area contributed by atoms with Gasteiger partial charge in [0.05, 0.1) is 0 Å². The van der Waals surface area contributed by atoms with E-state index in [1.165, 1.54) is 0 Å². The van der Waals surface area contributed by atoms with Gasteiger partial charge in [0, 0.05) is 18.5 Å². The second-order valence-electron chi connectivity index (χ2n) is 4.94. The lowest BCUT2D eigenvalue weighted by molar-refractivity contribution is -0.123. The molecule has 13 heavy (non-hydrogen) atoms. The molecule has 2 rings (SSSR count). The zero-order valence-electron chi connectivity index (χ0n) is 8.39. The van der Waals surface area contributed by atoms with Crippen LogP contribution < -0.4 is 10.6 Å². The first-order valence-electron chi connectivity index (χ1n) is 5.11. The Hall–Kier alpha value is -0.570. The number of amides is 1. The fourth-order valence-electron chi connectivity index (χ4n) is 1.99. The van der Waals surface area contributed by atoms with E-state index in [9.17, 15) is 4.79 Å².